The van der Waals surface area contributed by atoms with E-state index in [0.717, 1.165) is 36.9 Å². The lowest BCUT2D eigenvalue weighted by Crippen LogP contribution is -2.44. The molecule has 1 unspecified atom stereocenters. The summed E-state index contributed by atoms with van der Waals surface area (Å²) in [5.74, 6) is -1.04. The maximum absolute atomic E-state index is 16.8. The van der Waals surface area contributed by atoms with Crippen molar-refractivity contribution in [2.75, 3.05) is 36.4 Å². The standard InChI is InChI=1S/C32H32F3N7O3S/c1-32(2,3)45-31(43)40-29-18(9-36)24-27(37-11-22(34)28(24)46-29)23-21-15-44-14-20(21)19-10-38-30(39-26(19)25(23)35)42-8-6-17(13-42)41-7-4-5-16(33)12-41/h10-11,16-17H,4-8,12-15H2,1-3H3,(H,40,43)/t16?,17-/m1/s1. The van der Waals surface area contributed by atoms with Crippen LogP contribution in [0.4, 0.5) is 28.9 Å². The zero-order chi connectivity index (χ0) is 32.3. The van der Waals surface area contributed by atoms with Gasteiger partial charge >= 0.3 is 6.09 Å². The van der Waals surface area contributed by atoms with Crippen molar-refractivity contribution in [1.82, 2.24) is 19.9 Å². The second-order valence-corrected chi connectivity index (χ2v) is 13.9. The Morgan fingerprint density at radius 3 is 2.72 bits per heavy atom. The molecule has 2 fully saturated rings. The van der Waals surface area contributed by atoms with Gasteiger partial charge in [0, 0.05) is 48.2 Å². The molecule has 3 aromatic heterocycles. The summed E-state index contributed by atoms with van der Waals surface area (Å²) in [4.78, 5) is 30.3. The molecule has 1 amide bonds. The molecule has 0 radical (unpaired) electrons. The first-order chi connectivity index (χ1) is 22.0. The van der Waals surface area contributed by atoms with Crippen molar-refractivity contribution in [3.05, 3.63) is 40.7 Å². The van der Waals surface area contributed by atoms with Gasteiger partial charge in [-0.25, -0.2) is 27.9 Å². The van der Waals surface area contributed by atoms with Crippen LogP contribution in [0.3, 0.4) is 0 Å². The molecule has 1 aromatic carbocycles. The number of halogens is 3. The van der Waals surface area contributed by atoms with E-state index in [2.05, 4.69) is 25.2 Å². The lowest BCUT2D eigenvalue weighted by atomic mass is 9.94. The highest BCUT2D eigenvalue weighted by molar-refractivity contribution is 7.23. The van der Waals surface area contributed by atoms with Crippen molar-refractivity contribution in [2.24, 2.45) is 0 Å². The molecule has 10 nitrogen and oxygen atoms in total. The van der Waals surface area contributed by atoms with Gasteiger partial charge in [0.25, 0.3) is 0 Å². The van der Waals surface area contributed by atoms with Crippen molar-refractivity contribution < 1.29 is 27.4 Å². The Kier molecular flexibility index (Phi) is 7.73. The SMILES string of the molecule is CC(C)(C)OC(=O)Nc1sc2c(F)cnc(-c3c4c(c5cnc(N6CC[C@@H](N7CCCC(F)C7)C6)nc5c3F)COC4)c2c1C#N. The quantitative estimate of drug-likeness (QED) is 0.266. The molecule has 46 heavy (non-hydrogen) atoms. The number of carbonyl (C=O) groups is 1. The van der Waals surface area contributed by atoms with Gasteiger partial charge < -0.3 is 14.4 Å². The first kappa shape index (κ1) is 30.6. The van der Waals surface area contributed by atoms with Crippen molar-refractivity contribution >= 4 is 49.4 Å². The molecule has 3 aliphatic heterocycles. The van der Waals surface area contributed by atoms with Crippen molar-refractivity contribution in [3.63, 3.8) is 0 Å². The van der Waals surface area contributed by atoms with E-state index in [0.29, 0.717) is 48.5 Å². The number of anilines is 2. The number of benzene rings is 1. The molecule has 7 rings (SSSR count). The Morgan fingerprint density at radius 1 is 1.15 bits per heavy atom. The number of ether oxygens (including phenoxy) is 2. The third-order valence-corrected chi connectivity index (χ3v) is 9.79. The second-order valence-electron chi connectivity index (χ2n) is 12.9. The van der Waals surface area contributed by atoms with Crippen LogP contribution in [-0.2, 0) is 22.7 Å². The van der Waals surface area contributed by atoms with Gasteiger partial charge in [0.2, 0.25) is 5.95 Å². The number of aromatic nitrogens is 3. The molecular weight excluding hydrogens is 619 g/mol. The van der Waals surface area contributed by atoms with Crippen molar-refractivity contribution in [3.8, 4) is 17.3 Å². The molecule has 2 atom stereocenters. The third kappa shape index (κ3) is 5.40. The van der Waals surface area contributed by atoms with Crippen molar-refractivity contribution in [2.45, 2.75) is 71.1 Å². The molecule has 14 heteroatoms. The highest BCUT2D eigenvalue weighted by Crippen LogP contribution is 2.46. The number of alkyl halides is 1. The maximum atomic E-state index is 16.8. The largest absolute Gasteiger partial charge is 0.444 e. The molecule has 1 N–H and O–H groups in total. The molecule has 2 saturated heterocycles. The fraction of sp³-hybridized carbons (Fsp3) is 0.469. The number of fused-ring (bicyclic) bond motifs is 4. The first-order valence-corrected chi connectivity index (χ1v) is 16.1. The zero-order valence-corrected chi connectivity index (χ0v) is 26.4. The molecule has 0 bridgehead atoms. The summed E-state index contributed by atoms with van der Waals surface area (Å²) in [6, 6.07) is 2.21. The number of nitrogens with zero attached hydrogens (tertiary/aromatic N) is 6. The maximum Gasteiger partial charge on any atom is 0.412 e. The van der Waals surface area contributed by atoms with Gasteiger partial charge in [-0.15, -0.1) is 11.3 Å². The number of nitrogens with one attached hydrogen (secondary N) is 1. The lowest BCUT2D eigenvalue weighted by Gasteiger charge is -2.33. The average Bonchev–Trinajstić information content (AvgIpc) is 3.76. The number of likely N-dealkylation sites (tertiary alicyclic amines) is 1. The Hall–Kier alpha value is -4.06. The Morgan fingerprint density at radius 2 is 1.96 bits per heavy atom. The Bertz CT molecular complexity index is 1920. The number of hydrogen-bond donors (Lipinski definition) is 1. The van der Waals surface area contributed by atoms with Gasteiger partial charge in [0.05, 0.1) is 35.4 Å². The summed E-state index contributed by atoms with van der Waals surface area (Å²) >= 11 is 0.849. The van der Waals surface area contributed by atoms with Gasteiger partial charge in [-0.1, -0.05) is 0 Å². The van der Waals surface area contributed by atoms with Gasteiger partial charge in [0.15, 0.2) is 11.6 Å². The van der Waals surface area contributed by atoms with E-state index in [9.17, 15) is 14.4 Å². The Labute approximate surface area is 267 Å². The summed E-state index contributed by atoms with van der Waals surface area (Å²) in [6.45, 7) is 7.89. The molecule has 0 spiro atoms. The van der Waals surface area contributed by atoms with E-state index in [4.69, 9.17) is 9.47 Å². The highest BCUT2D eigenvalue weighted by atomic mass is 32.1. The summed E-state index contributed by atoms with van der Waals surface area (Å²) in [6.07, 6.45) is 3.20. The molecule has 6 heterocycles. The predicted octanol–water partition coefficient (Wildman–Crippen LogP) is 6.45. The molecule has 4 aromatic rings. The number of carbonyl (C=O) groups excluding carboxylic acids is 1. The monoisotopic (exact) mass is 651 g/mol. The van der Waals surface area contributed by atoms with Gasteiger partial charge in [0.1, 0.15) is 28.4 Å². The molecule has 0 saturated carbocycles. The third-order valence-electron chi connectivity index (χ3n) is 8.68. The van der Waals surface area contributed by atoms with Crippen LogP contribution in [0.1, 0.15) is 56.7 Å². The second kappa shape index (κ2) is 11.6. The predicted molar refractivity (Wildman–Crippen MR) is 167 cm³/mol. The molecule has 240 valence electrons. The van der Waals surface area contributed by atoms with Crippen LogP contribution in [0, 0.1) is 23.0 Å². The van der Waals surface area contributed by atoms with E-state index >= 15 is 8.78 Å². The lowest BCUT2D eigenvalue weighted by molar-refractivity contribution is 0.0636. The smallest absolute Gasteiger partial charge is 0.412 e. The molecule has 0 aliphatic carbocycles. The Balaban J connectivity index is 1.32. The fourth-order valence-electron chi connectivity index (χ4n) is 6.66. The van der Waals surface area contributed by atoms with E-state index in [1.165, 1.54) is 0 Å². The van der Waals surface area contributed by atoms with Crippen LogP contribution in [-0.4, -0.2) is 69.9 Å². The minimum Gasteiger partial charge on any atom is -0.444 e. The minimum atomic E-state index is -0.822. The van der Waals surface area contributed by atoms with Crippen LogP contribution in [0.15, 0.2) is 12.4 Å². The number of thiophene rings is 1. The van der Waals surface area contributed by atoms with Gasteiger partial charge in [-0.3, -0.25) is 15.2 Å². The number of hydrogen-bond acceptors (Lipinski definition) is 10. The van der Waals surface area contributed by atoms with Crippen LogP contribution in [0.2, 0.25) is 0 Å². The van der Waals surface area contributed by atoms with E-state index in [1.54, 1.807) is 27.0 Å². The number of piperidine rings is 1. The number of pyridine rings is 1. The minimum absolute atomic E-state index is 0.0412. The van der Waals surface area contributed by atoms with Crippen molar-refractivity contribution in [1.29, 1.82) is 5.26 Å². The van der Waals surface area contributed by atoms with Gasteiger partial charge in [-0.05, 0) is 57.7 Å². The first-order valence-electron chi connectivity index (χ1n) is 15.2. The number of rotatable bonds is 4. The summed E-state index contributed by atoms with van der Waals surface area (Å²) in [5.41, 5.74) is 0.533. The summed E-state index contributed by atoms with van der Waals surface area (Å²) in [7, 11) is 0. The van der Waals surface area contributed by atoms with Gasteiger partial charge in [-0.2, -0.15) is 5.26 Å². The number of amides is 1. The van der Waals surface area contributed by atoms with Crippen LogP contribution < -0.4 is 10.2 Å². The van der Waals surface area contributed by atoms with E-state index < -0.39 is 29.5 Å². The normalized spacial score (nSPS) is 20.3. The number of nitriles is 1. The average molecular weight is 652 g/mol. The molecular formula is C32H32F3N7O3S. The van der Waals surface area contributed by atoms with E-state index in [-0.39, 0.29) is 56.7 Å². The van der Waals surface area contributed by atoms with E-state index in [1.807, 2.05) is 11.0 Å². The summed E-state index contributed by atoms with van der Waals surface area (Å²) in [5, 5.41) is 13.4. The topological polar surface area (TPSA) is 116 Å². The molecule has 3 aliphatic rings. The van der Waals surface area contributed by atoms with Crippen LogP contribution >= 0.6 is 11.3 Å². The highest BCUT2D eigenvalue weighted by Gasteiger charge is 2.34. The fourth-order valence-corrected chi connectivity index (χ4v) is 7.70. The van der Waals surface area contributed by atoms with Crippen LogP contribution in [0.25, 0.3) is 32.2 Å². The van der Waals surface area contributed by atoms with Crippen LogP contribution in [0.5, 0.6) is 0 Å². The summed E-state index contributed by atoms with van der Waals surface area (Å²) < 4.78 is 57.2. The zero-order valence-electron chi connectivity index (χ0n) is 25.6.